The lowest BCUT2D eigenvalue weighted by atomic mass is 10.0. The molecule has 2 rings (SSSR count). The third kappa shape index (κ3) is 5.19. The quantitative estimate of drug-likeness (QED) is 0.847. The number of rotatable bonds is 4. The molecule has 0 aliphatic carbocycles. The molecule has 0 aromatic heterocycles. The average Bonchev–Trinajstić information content (AvgIpc) is 2.54. The fourth-order valence-corrected chi connectivity index (χ4v) is 3.09. The van der Waals surface area contributed by atoms with Crippen LogP contribution in [-0.4, -0.2) is 67.7 Å². The van der Waals surface area contributed by atoms with E-state index in [4.69, 9.17) is 0 Å². The van der Waals surface area contributed by atoms with Crippen molar-refractivity contribution in [1.29, 1.82) is 0 Å². The summed E-state index contributed by atoms with van der Waals surface area (Å²) in [6.45, 7) is 4.62. The van der Waals surface area contributed by atoms with E-state index in [2.05, 4.69) is 15.0 Å². The van der Waals surface area contributed by atoms with E-state index >= 15 is 0 Å². The number of alkyl carbamates (subject to hydrolysis) is 1. The molecule has 2 amide bonds. The van der Waals surface area contributed by atoms with Crippen LogP contribution in [0.1, 0.15) is 38.5 Å². The molecule has 21 heavy (non-hydrogen) atoms. The molecule has 0 atom stereocenters. The Balaban J connectivity index is 1.64. The summed E-state index contributed by atoms with van der Waals surface area (Å²) in [7, 11) is 1.37. The van der Waals surface area contributed by atoms with Gasteiger partial charge in [0.25, 0.3) is 0 Å². The number of piperidine rings is 2. The standard InChI is InChI=1S/C15H27N3O3/c1-21-15(20)16-13-5-11-18(12-6-13)14(19)7-10-17-8-3-2-4-9-17/h13H,2-12H2,1H3,(H,16,20). The Hall–Kier alpha value is -1.30. The second-order valence-electron chi connectivity index (χ2n) is 5.94. The first kappa shape index (κ1) is 16.1. The Kier molecular flexibility index (Phi) is 6.29. The molecule has 6 nitrogen and oxygen atoms in total. The van der Waals surface area contributed by atoms with Crippen LogP contribution in [0.25, 0.3) is 0 Å². The predicted octanol–water partition coefficient (Wildman–Crippen LogP) is 1.21. The molecule has 2 aliphatic heterocycles. The van der Waals surface area contributed by atoms with Crippen molar-refractivity contribution in [3.8, 4) is 0 Å². The number of nitrogens with one attached hydrogen (secondary N) is 1. The fourth-order valence-electron chi connectivity index (χ4n) is 3.09. The molecule has 2 heterocycles. The van der Waals surface area contributed by atoms with Crippen LogP contribution in [0.15, 0.2) is 0 Å². The number of likely N-dealkylation sites (tertiary alicyclic amines) is 2. The molecule has 2 saturated heterocycles. The molecule has 2 aliphatic rings. The van der Waals surface area contributed by atoms with E-state index in [1.54, 1.807) is 0 Å². The number of nitrogens with zero attached hydrogens (tertiary/aromatic N) is 2. The van der Waals surface area contributed by atoms with Crippen LogP contribution in [0.2, 0.25) is 0 Å². The van der Waals surface area contributed by atoms with Crippen LogP contribution < -0.4 is 5.32 Å². The second kappa shape index (κ2) is 8.22. The highest BCUT2D eigenvalue weighted by molar-refractivity contribution is 5.76. The highest BCUT2D eigenvalue weighted by Gasteiger charge is 2.24. The highest BCUT2D eigenvalue weighted by atomic mass is 16.5. The SMILES string of the molecule is COC(=O)NC1CCN(C(=O)CCN2CCCCC2)CC1. The minimum Gasteiger partial charge on any atom is -0.453 e. The molecule has 0 bridgehead atoms. The summed E-state index contributed by atoms with van der Waals surface area (Å²) in [5.41, 5.74) is 0. The topological polar surface area (TPSA) is 61.9 Å². The average molecular weight is 297 g/mol. The van der Waals surface area contributed by atoms with Gasteiger partial charge in [0.2, 0.25) is 5.91 Å². The Morgan fingerprint density at radius 3 is 2.38 bits per heavy atom. The molecule has 0 aromatic carbocycles. The van der Waals surface area contributed by atoms with Crippen molar-refractivity contribution in [2.24, 2.45) is 0 Å². The lowest BCUT2D eigenvalue weighted by Gasteiger charge is -2.33. The molecule has 0 unspecified atom stereocenters. The molecular formula is C15H27N3O3. The lowest BCUT2D eigenvalue weighted by molar-refractivity contribution is -0.132. The number of carbonyl (C=O) groups is 2. The molecule has 0 radical (unpaired) electrons. The van der Waals surface area contributed by atoms with Crippen molar-refractivity contribution in [1.82, 2.24) is 15.1 Å². The van der Waals surface area contributed by atoms with Crippen LogP contribution >= 0.6 is 0 Å². The van der Waals surface area contributed by atoms with E-state index in [0.29, 0.717) is 6.42 Å². The van der Waals surface area contributed by atoms with E-state index in [1.165, 1.54) is 26.4 Å². The van der Waals surface area contributed by atoms with Gasteiger partial charge in [-0.2, -0.15) is 0 Å². The predicted molar refractivity (Wildman–Crippen MR) is 80.1 cm³/mol. The Morgan fingerprint density at radius 1 is 1.10 bits per heavy atom. The molecule has 0 spiro atoms. The summed E-state index contributed by atoms with van der Waals surface area (Å²) >= 11 is 0. The third-order valence-corrected chi connectivity index (χ3v) is 4.45. The summed E-state index contributed by atoms with van der Waals surface area (Å²) in [5, 5.41) is 2.80. The van der Waals surface area contributed by atoms with Crippen molar-refractivity contribution in [3.05, 3.63) is 0 Å². The van der Waals surface area contributed by atoms with Gasteiger partial charge in [0.1, 0.15) is 0 Å². The minimum absolute atomic E-state index is 0.128. The monoisotopic (exact) mass is 297 g/mol. The summed E-state index contributed by atoms with van der Waals surface area (Å²) < 4.78 is 4.60. The lowest BCUT2D eigenvalue weighted by Crippen LogP contribution is -2.47. The van der Waals surface area contributed by atoms with Gasteiger partial charge in [0.15, 0.2) is 0 Å². The number of hydrogen-bond donors (Lipinski definition) is 1. The van der Waals surface area contributed by atoms with Crippen molar-refractivity contribution in [3.63, 3.8) is 0 Å². The summed E-state index contributed by atoms with van der Waals surface area (Å²) in [4.78, 5) is 27.7. The van der Waals surface area contributed by atoms with Crippen LogP contribution in [0.4, 0.5) is 4.79 Å². The van der Waals surface area contributed by atoms with Gasteiger partial charge in [-0.15, -0.1) is 0 Å². The van der Waals surface area contributed by atoms with Gasteiger partial charge in [0.05, 0.1) is 7.11 Å². The first-order valence-electron chi connectivity index (χ1n) is 8.03. The number of amides is 2. The van der Waals surface area contributed by atoms with Gasteiger partial charge in [-0.1, -0.05) is 6.42 Å². The molecule has 6 heteroatoms. The number of hydrogen-bond acceptors (Lipinski definition) is 4. The fraction of sp³-hybridized carbons (Fsp3) is 0.867. The first-order chi connectivity index (χ1) is 10.2. The molecule has 0 saturated carbocycles. The van der Waals surface area contributed by atoms with Crippen molar-refractivity contribution < 1.29 is 14.3 Å². The Labute approximate surface area is 126 Å². The van der Waals surface area contributed by atoms with E-state index in [1.807, 2.05) is 4.90 Å². The van der Waals surface area contributed by atoms with Gasteiger partial charge in [-0.3, -0.25) is 4.79 Å². The van der Waals surface area contributed by atoms with Crippen LogP contribution in [0, 0.1) is 0 Å². The van der Waals surface area contributed by atoms with E-state index in [9.17, 15) is 9.59 Å². The first-order valence-corrected chi connectivity index (χ1v) is 8.03. The molecule has 0 aromatic rings. The Bertz CT molecular complexity index is 348. The van der Waals surface area contributed by atoms with E-state index in [0.717, 1.165) is 45.6 Å². The maximum atomic E-state index is 12.2. The van der Waals surface area contributed by atoms with Crippen LogP contribution in [-0.2, 0) is 9.53 Å². The van der Waals surface area contributed by atoms with E-state index < -0.39 is 0 Å². The van der Waals surface area contributed by atoms with Gasteiger partial charge >= 0.3 is 6.09 Å². The maximum Gasteiger partial charge on any atom is 0.407 e. The van der Waals surface area contributed by atoms with E-state index in [-0.39, 0.29) is 18.0 Å². The van der Waals surface area contributed by atoms with Crippen molar-refractivity contribution in [2.45, 2.75) is 44.6 Å². The van der Waals surface area contributed by atoms with Crippen LogP contribution in [0.5, 0.6) is 0 Å². The number of carbonyl (C=O) groups excluding carboxylic acids is 2. The maximum absolute atomic E-state index is 12.2. The number of ether oxygens (including phenoxy) is 1. The van der Waals surface area contributed by atoms with Crippen molar-refractivity contribution >= 4 is 12.0 Å². The summed E-state index contributed by atoms with van der Waals surface area (Å²) in [6.07, 6.45) is 5.71. The van der Waals surface area contributed by atoms with Crippen molar-refractivity contribution in [2.75, 3.05) is 39.8 Å². The smallest absolute Gasteiger partial charge is 0.407 e. The second-order valence-corrected chi connectivity index (χ2v) is 5.94. The zero-order valence-electron chi connectivity index (χ0n) is 13.0. The summed E-state index contributed by atoms with van der Waals surface area (Å²) in [5.74, 6) is 0.247. The normalized spacial score (nSPS) is 21.1. The highest BCUT2D eigenvalue weighted by Crippen LogP contribution is 2.13. The van der Waals surface area contributed by atoms with Gasteiger partial charge in [0, 0.05) is 32.1 Å². The van der Waals surface area contributed by atoms with Gasteiger partial charge < -0.3 is 19.9 Å². The molecule has 120 valence electrons. The number of methoxy groups -OCH3 is 1. The van der Waals surface area contributed by atoms with Gasteiger partial charge in [-0.05, 0) is 38.8 Å². The largest absolute Gasteiger partial charge is 0.453 e. The molecule has 1 N–H and O–H groups in total. The van der Waals surface area contributed by atoms with Crippen LogP contribution in [0.3, 0.4) is 0 Å². The third-order valence-electron chi connectivity index (χ3n) is 4.45. The molecule has 2 fully saturated rings. The minimum atomic E-state index is -0.384. The zero-order valence-corrected chi connectivity index (χ0v) is 13.0. The molecular weight excluding hydrogens is 270 g/mol. The zero-order chi connectivity index (χ0) is 15.1. The van der Waals surface area contributed by atoms with Gasteiger partial charge in [-0.25, -0.2) is 4.79 Å². The summed E-state index contributed by atoms with van der Waals surface area (Å²) in [6, 6.07) is 0.128. The Morgan fingerprint density at radius 2 is 1.76 bits per heavy atom.